The molecule has 0 saturated carbocycles. The molecule has 0 spiro atoms. The van der Waals surface area contributed by atoms with Crippen LogP contribution in [0.3, 0.4) is 0 Å². The zero-order chi connectivity index (χ0) is 21.6. The number of aliphatic imine (C=N–C) groups is 1. The molecule has 1 aromatic carbocycles. The third-order valence-electron chi connectivity index (χ3n) is 5.23. The van der Waals surface area contributed by atoms with Crippen molar-refractivity contribution in [1.82, 2.24) is 15.6 Å². The van der Waals surface area contributed by atoms with Crippen LogP contribution >= 0.6 is 35.3 Å². The van der Waals surface area contributed by atoms with Gasteiger partial charge < -0.3 is 15.4 Å². The maximum atomic E-state index is 13.3. The zero-order valence-electron chi connectivity index (χ0n) is 17.6. The van der Waals surface area contributed by atoms with Crippen molar-refractivity contribution >= 4 is 41.3 Å². The highest BCUT2D eigenvalue weighted by molar-refractivity contribution is 14.0. The molecule has 2 N–H and O–H groups in total. The van der Waals surface area contributed by atoms with Gasteiger partial charge in [-0.15, -0.1) is 35.3 Å². The summed E-state index contributed by atoms with van der Waals surface area (Å²) in [6.45, 7) is 6.62. The molecule has 2 heterocycles. The molecule has 1 saturated heterocycles. The molecule has 0 atom stereocenters. The summed E-state index contributed by atoms with van der Waals surface area (Å²) >= 11 is 1.60. The Balaban J connectivity index is 0.00000341. The zero-order valence-corrected chi connectivity index (χ0v) is 20.7. The van der Waals surface area contributed by atoms with Gasteiger partial charge in [-0.3, -0.25) is 0 Å². The molecule has 1 aromatic heterocycles. The molecule has 1 aliphatic rings. The van der Waals surface area contributed by atoms with Gasteiger partial charge in [0.25, 0.3) is 0 Å². The average molecular weight is 568 g/mol. The lowest BCUT2D eigenvalue weighted by molar-refractivity contribution is -0.137. The molecule has 3 rings (SSSR count). The fourth-order valence-electron chi connectivity index (χ4n) is 3.57. The lowest BCUT2D eigenvalue weighted by Gasteiger charge is -2.38. The second-order valence-electron chi connectivity index (χ2n) is 7.38. The van der Waals surface area contributed by atoms with Crippen molar-refractivity contribution in [3.8, 4) is 0 Å². The monoisotopic (exact) mass is 568 g/mol. The van der Waals surface area contributed by atoms with Gasteiger partial charge in [0.1, 0.15) is 5.01 Å². The van der Waals surface area contributed by atoms with Gasteiger partial charge in [-0.1, -0.05) is 18.2 Å². The fourth-order valence-corrected chi connectivity index (χ4v) is 4.28. The molecular weight excluding hydrogens is 540 g/mol. The quantitative estimate of drug-likeness (QED) is 0.296. The van der Waals surface area contributed by atoms with E-state index in [1.807, 2.05) is 20.0 Å². The first-order valence-corrected chi connectivity index (χ1v) is 10.8. The predicted molar refractivity (Wildman–Crippen MR) is 128 cm³/mol. The number of guanidine groups is 1. The number of nitrogens with zero attached hydrogens (tertiary/aromatic N) is 2. The number of ether oxygens (including phenoxy) is 1. The molecule has 1 aliphatic heterocycles. The Labute approximate surface area is 201 Å². The van der Waals surface area contributed by atoms with E-state index in [2.05, 4.69) is 20.6 Å². The van der Waals surface area contributed by atoms with Gasteiger partial charge in [0.05, 0.1) is 12.1 Å². The molecular formula is C21H28F3IN4OS. The van der Waals surface area contributed by atoms with Crippen LogP contribution in [0.5, 0.6) is 0 Å². The Morgan fingerprint density at radius 1 is 1.26 bits per heavy atom. The minimum absolute atomic E-state index is 0. The van der Waals surface area contributed by atoms with Crippen molar-refractivity contribution in [3.63, 3.8) is 0 Å². The third kappa shape index (κ3) is 7.04. The number of alkyl halides is 3. The first-order chi connectivity index (χ1) is 14.3. The van der Waals surface area contributed by atoms with Crippen LogP contribution in [0.15, 0.2) is 35.5 Å². The Hall–Kier alpha value is -1.40. The van der Waals surface area contributed by atoms with E-state index in [0.29, 0.717) is 57.2 Å². The first kappa shape index (κ1) is 25.9. The maximum absolute atomic E-state index is 13.3. The topological polar surface area (TPSA) is 58.5 Å². The summed E-state index contributed by atoms with van der Waals surface area (Å²) in [5.74, 6) is 0.628. The van der Waals surface area contributed by atoms with Gasteiger partial charge >= 0.3 is 6.18 Å². The second-order valence-corrected chi connectivity index (χ2v) is 8.70. The lowest BCUT2D eigenvalue weighted by atomic mass is 9.73. The number of hydrogen-bond donors (Lipinski definition) is 2. The Morgan fingerprint density at radius 2 is 2.00 bits per heavy atom. The highest BCUT2D eigenvalue weighted by Gasteiger charge is 2.37. The minimum atomic E-state index is -4.36. The number of aryl methyl sites for hydroxylation is 1. The number of halogens is 4. The van der Waals surface area contributed by atoms with Crippen LogP contribution in [0.4, 0.5) is 13.2 Å². The van der Waals surface area contributed by atoms with Gasteiger partial charge in [-0.2, -0.15) is 13.2 Å². The predicted octanol–water partition coefficient (Wildman–Crippen LogP) is 4.89. The van der Waals surface area contributed by atoms with Crippen molar-refractivity contribution in [3.05, 3.63) is 51.5 Å². The van der Waals surface area contributed by atoms with Gasteiger partial charge in [-0.25, -0.2) is 9.98 Å². The van der Waals surface area contributed by atoms with Crippen molar-refractivity contribution in [1.29, 1.82) is 0 Å². The number of rotatable bonds is 6. The number of aromatic nitrogens is 1. The Bertz CT molecular complexity index is 866. The van der Waals surface area contributed by atoms with Crippen LogP contribution in [0.2, 0.25) is 0 Å². The molecule has 10 heteroatoms. The van der Waals surface area contributed by atoms with Crippen LogP contribution in [0.1, 0.15) is 40.8 Å². The molecule has 0 unspecified atom stereocenters. The number of nitrogens with one attached hydrogen (secondary N) is 2. The SMILES string of the molecule is CCNC(=NCc1ncc(C)s1)NCC1(c2cccc(C(F)(F)F)c2)CCOCC1.I. The molecule has 5 nitrogen and oxygen atoms in total. The standard InChI is InChI=1S/C21H27F3N4OS.HI/c1-3-25-19(27-13-18-26-12-15(2)30-18)28-14-20(7-9-29-10-8-20)16-5-4-6-17(11-16)21(22,23)24;/h4-6,11-12H,3,7-10,13-14H2,1-2H3,(H2,25,27,28);1H. The summed E-state index contributed by atoms with van der Waals surface area (Å²) in [6.07, 6.45) is -1.25. The highest BCUT2D eigenvalue weighted by atomic mass is 127. The molecule has 0 radical (unpaired) electrons. The maximum Gasteiger partial charge on any atom is 0.416 e. The van der Waals surface area contributed by atoms with E-state index in [0.717, 1.165) is 16.0 Å². The number of thiazole rings is 1. The van der Waals surface area contributed by atoms with Crippen LogP contribution in [-0.4, -0.2) is 37.2 Å². The summed E-state index contributed by atoms with van der Waals surface area (Å²) in [4.78, 5) is 10.0. The fraction of sp³-hybridized carbons (Fsp3) is 0.524. The number of benzene rings is 1. The van der Waals surface area contributed by atoms with Crippen molar-refractivity contribution < 1.29 is 17.9 Å². The summed E-state index contributed by atoms with van der Waals surface area (Å²) < 4.78 is 45.3. The van der Waals surface area contributed by atoms with E-state index in [9.17, 15) is 13.2 Å². The van der Waals surface area contributed by atoms with E-state index >= 15 is 0 Å². The van der Waals surface area contributed by atoms with E-state index in [4.69, 9.17) is 4.74 Å². The average Bonchev–Trinajstić information content (AvgIpc) is 3.15. The molecule has 0 bridgehead atoms. The summed E-state index contributed by atoms with van der Waals surface area (Å²) in [5.41, 5.74) is -0.391. The normalized spacial score (nSPS) is 16.5. The van der Waals surface area contributed by atoms with Crippen molar-refractivity contribution in [2.24, 2.45) is 4.99 Å². The van der Waals surface area contributed by atoms with E-state index in [1.54, 1.807) is 17.4 Å². The second kappa shape index (κ2) is 11.5. The lowest BCUT2D eigenvalue weighted by Crippen LogP contribution is -2.48. The molecule has 0 amide bonds. The van der Waals surface area contributed by atoms with E-state index in [1.165, 1.54) is 12.1 Å². The van der Waals surface area contributed by atoms with E-state index < -0.39 is 17.2 Å². The summed E-state index contributed by atoms with van der Waals surface area (Å²) in [5, 5.41) is 7.47. The van der Waals surface area contributed by atoms with Crippen molar-refractivity contribution in [2.75, 3.05) is 26.3 Å². The largest absolute Gasteiger partial charge is 0.416 e. The van der Waals surface area contributed by atoms with Crippen LogP contribution < -0.4 is 10.6 Å². The van der Waals surface area contributed by atoms with Gasteiger partial charge in [0.15, 0.2) is 5.96 Å². The minimum Gasteiger partial charge on any atom is -0.381 e. The van der Waals surface area contributed by atoms with Crippen LogP contribution in [-0.2, 0) is 22.9 Å². The Morgan fingerprint density at radius 3 is 2.61 bits per heavy atom. The van der Waals surface area contributed by atoms with E-state index in [-0.39, 0.29) is 24.0 Å². The Kier molecular flexibility index (Phi) is 9.56. The smallest absolute Gasteiger partial charge is 0.381 e. The van der Waals surface area contributed by atoms with Crippen LogP contribution in [0.25, 0.3) is 0 Å². The summed E-state index contributed by atoms with van der Waals surface area (Å²) in [6, 6.07) is 5.66. The summed E-state index contributed by atoms with van der Waals surface area (Å²) in [7, 11) is 0. The van der Waals surface area contributed by atoms with Crippen molar-refractivity contribution in [2.45, 2.75) is 44.8 Å². The molecule has 1 fully saturated rings. The molecule has 0 aliphatic carbocycles. The number of hydrogen-bond acceptors (Lipinski definition) is 4. The highest BCUT2D eigenvalue weighted by Crippen LogP contribution is 2.37. The van der Waals surface area contributed by atoms with Crippen LogP contribution in [0, 0.1) is 6.92 Å². The molecule has 31 heavy (non-hydrogen) atoms. The van der Waals surface area contributed by atoms with Gasteiger partial charge in [0, 0.05) is 42.8 Å². The van der Waals surface area contributed by atoms with Gasteiger partial charge in [0.2, 0.25) is 0 Å². The molecule has 172 valence electrons. The third-order valence-corrected chi connectivity index (χ3v) is 6.13. The molecule has 2 aromatic rings. The first-order valence-electron chi connectivity index (χ1n) is 10.0. The van der Waals surface area contributed by atoms with Gasteiger partial charge in [-0.05, 0) is 38.3 Å².